The average molecular weight is 366 g/mol. The molecule has 1 rings (SSSR count). The number of carbonyl (C=O) groups excluding carboxylic acids is 2. The van der Waals surface area contributed by atoms with Gasteiger partial charge in [0.05, 0.1) is 11.0 Å². The minimum Gasteiger partial charge on any atom is -0.366 e. The number of Topliss-reactive ketones (excluding diaryl/α,β-unsaturated/α-hetero) is 1. The van der Waals surface area contributed by atoms with Crippen LogP contribution in [0.5, 0.6) is 0 Å². The molecule has 3 nitrogen and oxygen atoms in total. The molecule has 0 bridgehead atoms. The minimum atomic E-state index is -4.46. The van der Waals surface area contributed by atoms with Gasteiger partial charge < -0.3 is 5.73 Å². The summed E-state index contributed by atoms with van der Waals surface area (Å²) in [5.41, 5.74) is 3.32. The number of benzene rings is 1. The Kier molecular flexibility index (Phi) is 5.20. The summed E-state index contributed by atoms with van der Waals surface area (Å²) in [4.78, 5) is 23.1. The fourth-order valence-electron chi connectivity index (χ4n) is 1.77. The minimum absolute atomic E-state index is 0.107. The summed E-state index contributed by atoms with van der Waals surface area (Å²) in [5, 5.41) is 0. The van der Waals surface area contributed by atoms with Gasteiger partial charge >= 0.3 is 6.18 Å². The van der Waals surface area contributed by atoms with Crippen LogP contribution in [0.15, 0.2) is 22.7 Å². The Hall–Kier alpha value is -1.37. The highest BCUT2D eigenvalue weighted by Gasteiger charge is 2.50. The predicted molar refractivity (Wildman–Crippen MR) is 76.1 cm³/mol. The highest BCUT2D eigenvalue weighted by Crippen LogP contribution is 2.44. The Morgan fingerprint density at radius 1 is 1.29 bits per heavy atom. The molecule has 0 aromatic heterocycles. The summed E-state index contributed by atoms with van der Waals surface area (Å²) in [5.74, 6) is -1.32. The lowest BCUT2D eigenvalue weighted by molar-refractivity contribution is -0.217. The molecule has 1 aromatic rings. The number of alkyl halides is 3. The summed E-state index contributed by atoms with van der Waals surface area (Å²) in [6.45, 7) is 2.42. The maximum atomic E-state index is 13.0. The lowest BCUT2D eigenvalue weighted by Gasteiger charge is -2.30. The van der Waals surface area contributed by atoms with E-state index in [1.54, 1.807) is 0 Å². The van der Waals surface area contributed by atoms with Gasteiger partial charge in [0, 0.05) is 16.5 Å². The van der Waals surface area contributed by atoms with Gasteiger partial charge in [-0.3, -0.25) is 9.59 Å². The van der Waals surface area contributed by atoms with Crippen LogP contribution >= 0.6 is 15.9 Å². The summed E-state index contributed by atoms with van der Waals surface area (Å²) >= 11 is 3.08. The van der Waals surface area contributed by atoms with Crippen molar-refractivity contribution in [1.29, 1.82) is 0 Å². The van der Waals surface area contributed by atoms with E-state index in [2.05, 4.69) is 15.9 Å². The van der Waals surface area contributed by atoms with Crippen molar-refractivity contribution in [2.24, 2.45) is 11.1 Å². The zero-order valence-corrected chi connectivity index (χ0v) is 13.1. The molecule has 1 amide bonds. The van der Waals surface area contributed by atoms with E-state index < -0.39 is 29.7 Å². The van der Waals surface area contributed by atoms with Gasteiger partial charge in [0.15, 0.2) is 5.78 Å². The fourth-order valence-corrected chi connectivity index (χ4v) is 2.34. The molecule has 0 heterocycles. The zero-order chi connectivity index (χ0) is 16.4. The van der Waals surface area contributed by atoms with Crippen molar-refractivity contribution in [3.63, 3.8) is 0 Å². The topological polar surface area (TPSA) is 60.2 Å². The summed E-state index contributed by atoms with van der Waals surface area (Å²) in [6, 6.07) is 3.94. The molecule has 0 aliphatic carbocycles. The molecule has 1 aromatic carbocycles. The highest BCUT2D eigenvalue weighted by atomic mass is 79.9. The zero-order valence-electron chi connectivity index (χ0n) is 11.6. The van der Waals surface area contributed by atoms with Crippen molar-refractivity contribution >= 4 is 27.6 Å². The molecule has 0 saturated heterocycles. The second kappa shape index (κ2) is 6.17. The lowest BCUT2D eigenvalue weighted by atomic mass is 9.80. The van der Waals surface area contributed by atoms with Crippen LogP contribution < -0.4 is 5.73 Å². The maximum absolute atomic E-state index is 13.0. The van der Waals surface area contributed by atoms with Crippen molar-refractivity contribution < 1.29 is 22.8 Å². The van der Waals surface area contributed by atoms with Gasteiger partial charge in [0.2, 0.25) is 5.91 Å². The van der Waals surface area contributed by atoms with Gasteiger partial charge in [-0.2, -0.15) is 13.2 Å². The van der Waals surface area contributed by atoms with E-state index in [0.717, 1.165) is 6.92 Å². The van der Waals surface area contributed by atoms with Crippen LogP contribution in [0.4, 0.5) is 13.2 Å². The van der Waals surface area contributed by atoms with Crippen LogP contribution in [0.1, 0.15) is 47.4 Å². The number of hydrogen-bond acceptors (Lipinski definition) is 2. The summed E-state index contributed by atoms with van der Waals surface area (Å²) in [7, 11) is 0. The van der Waals surface area contributed by atoms with E-state index in [9.17, 15) is 22.8 Å². The third kappa shape index (κ3) is 3.84. The van der Waals surface area contributed by atoms with Crippen LogP contribution in [0.25, 0.3) is 0 Å². The Balaban J connectivity index is 3.05. The second-order valence-corrected chi connectivity index (χ2v) is 5.93. The third-order valence-electron chi connectivity index (χ3n) is 3.57. The molecule has 0 unspecified atom stereocenters. The average Bonchev–Trinajstić information content (AvgIpc) is 2.36. The SMILES string of the molecule is CC[C@](C)(CC(=O)c1ccc(C(N)=O)c(Br)c1)C(F)(F)F. The van der Waals surface area contributed by atoms with Crippen LogP contribution in [-0.4, -0.2) is 17.9 Å². The number of hydrogen-bond donors (Lipinski definition) is 1. The van der Waals surface area contributed by atoms with E-state index in [0.29, 0.717) is 0 Å². The maximum Gasteiger partial charge on any atom is 0.394 e. The van der Waals surface area contributed by atoms with Gasteiger partial charge in [-0.1, -0.05) is 19.9 Å². The monoisotopic (exact) mass is 365 g/mol. The molecule has 0 saturated carbocycles. The Labute approximate surface area is 128 Å². The smallest absolute Gasteiger partial charge is 0.366 e. The number of primary amides is 1. The fraction of sp³-hybridized carbons (Fsp3) is 0.429. The molecule has 0 aliphatic heterocycles. The Bertz CT molecular complexity index is 572. The quantitative estimate of drug-likeness (QED) is 0.798. The van der Waals surface area contributed by atoms with Gasteiger partial charge in [-0.25, -0.2) is 0 Å². The van der Waals surface area contributed by atoms with Crippen molar-refractivity contribution in [2.75, 3.05) is 0 Å². The molecule has 0 aliphatic rings. The van der Waals surface area contributed by atoms with Gasteiger partial charge in [0.1, 0.15) is 0 Å². The first-order valence-electron chi connectivity index (χ1n) is 6.21. The van der Waals surface area contributed by atoms with E-state index in [4.69, 9.17) is 5.73 Å². The predicted octanol–water partition coefficient (Wildman–Crippen LogP) is 4.10. The second-order valence-electron chi connectivity index (χ2n) is 5.07. The lowest BCUT2D eigenvalue weighted by Crippen LogP contribution is -2.36. The Morgan fingerprint density at radius 3 is 2.24 bits per heavy atom. The molecule has 0 spiro atoms. The first kappa shape index (κ1) is 17.7. The molecular formula is C14H15BrF3NO2. The molecule has 21 heavy (non-hydrogen) atoms. The number of carbonyl (C=O) groups is 2. The van der Waals surface area contributed by atoms with E-state index in [1.165, 1.54) is 25.1 Å². The largest absolute Gasteiger partial charge is 0.394 e. The van der Waals surface area contributed by atoms with Gasteiger partial charge in [-0.05, 0) is 34.5 Å². The van der Waals surface area contributed by atoms with E-state index >= 15 is 0 Å². The molecule has 0 radical (unpaired) electrons. The number of nitrogens with two attached hydrogens (primary N) is 1. The first-order valence-corrected chi connectivity index (χ1v) is 7.00. The van der Waals surface area contributed by atoms with Crippen LogP contribution in [0.3, 0.4) is 0 Å². The first-order chi connectivity index (χ1) is 9.51. The van der Waals surface area contributed by atoms with E-state index in [-0.39, 0.29) is 22.0 Å². The normalized spacial score (nSPS) is 14.6. The standard InChI is InChI=1S/C14H15BrF3NO2/c1-3-13(2,14(16,17)18)7-11(20)8-4-5-9(12(19)21)10(15)6-8/h4-6H,3,7H2,1-2H3,(H2,19,21)/t13-/m1/s1. The number of halogens is 4. The molecular weight excluding hydrogens is 351 g/mol. The molecule has 116 valence electrons. The van der Waals surface area contributed by atoms with Gasteiger partial charge in [-0.15, -0.1) is 0 Å². The number of ketones is 1. The Morgan fingerprint density at radius 2 is 1.86 bits per heavy atom. The molecule has 2 N–H and O–H groups in total. The van der Waals surface area contributed by atoms with E-state index in [1.807, 2.05) is 0 Å². The summed E-state index contributed by atoms with van der Waals surface area (Å²) < 4.78 is 39.3. The van der Waals surface area contributed by atoms with Crippen LogP contribution in [0.2, 0.25) is 0 Å². The molecule has 7 heteroatoms. The number of amides is 1. The molecule has 1 atom stereocenters. The highest BCUT2D eigenvalue weighted by molar-refractivity contribution is 9.10. The van der Waals surface area contributed by atoms with Crippen LogP contribution in [0, 0.1) is 5.41 Å². The third-order valence-corrected chi connectivity index (χ3v) is 4.23. The van der Waals surface area contributed by atoms with Crippen molar-refractivity contribution in [3.8, 4) is 0 Å². The van der Waals surface area contributed by atoms with Crippen molar-refractivity contribution in [3.05, 3.63) is 33.8 Å². The summed E-state index contributed by atoms with van der Waals surface area (Å²) in [6.07, 6.45) is -5.29. The van der Waals surface area contributed by atoms with Crippen molar-refractivity contribution in [2.45, 2.75) is 32.9 Å². The molecule has 0 fully saturated rings. The number of rotatable bonds is 5. The van der Waals surface area contributed by atoms with Gasteiger partial charge in [0.25, 0.3) is 0 Å². The van der Waals surface area contributed by atoms with Crippen LogP contribution in [-0.2, 0) is 0 Å². The van der Waals surface area contributed by atoms with Crippen molar-refractivity contribution in [1.82, 2.24) is 0 Å².